The predicted octanol–water partition coefficient (Wildman–Crippen LogP) is 1.79. The second-order valence-electron chi connectivity index (χ2n) is 10.9. The molecule has 0 unspecified atom stereocenters. The van der Waals surface area contributed by atoms with Crippen LogP contribution < -0.4 is 10.6 Å². The van der Waals surface area contributed by atoms with Gasteiger partial charge in [0, 0.05) is 44.5 Å². The normalized spacial score (nSPS) is 27.9. The Balaban J connectivity index is 1.53. The average molecular weight is 513 g/mol. The van der Waals surface area contributed by atoms with E-state index in [9.17, 15) is 14.4 Å². The third-order valence-corrected chi connectivity index (χ3v) is 8.93. The van der Waals surface area contributed by atoms with Crippen LogP contribution in [-0.2, 0) is 19.1 Å². The van der Waals surface area contributed by atoms with Gasteiger partial charge in [-0.05, 0) is 49.1 Å². The fourth-order valence-corrected chi connectivity index (χ4v) is 6.83. The van der Waals surface area contributed by atoms with Gasteiger partial charge in [-0.3, -0.25) is 14.4 Å². The number of benzene rings is 1. The molecule has 1 saturated carbocycles. The second-order valence-corrected chi connectivity index (χ2v) is 10.9. The molecule has 3 aliphatic heterocycles. The van der Waals surface area contributed by atoms with E-state index in [1.807, 2.05) is 12.1 Å². The molecule has 2 amide bonds. The minimum atomic E-state index is -0.633. The number of piperazine rings is 1. The van der Waals surface area contributed by atoms with Gasteiger partial charge < -0.3 is 29.9 Å². The molecule has 4 fully saturated rings. The van der Waals surface area contributed by atoms with Crippen LogP contribution in [0.15, 0.2) is 18.2 Å². The molecule has 3 heterocycles. The van der Waals surface area contributed by atoms with E-state index in [4.69, 9.17) is 15.2 Å². The van der Waals surface area contributed by atoms with Gasteiger partial charge in [0.1, 0.15) is 24.9 Å². The number of likely N-dealkylation sites (N-methyl/N-ethyl adjacent to an activating group) is 1. The van der Waals surface area contributed by atoms with Gasteiger partial charge in [-0.15, -0.1) is 0 Å². The highest BCUT2D eigenvalue weighted by atomic mass is 16.5. The Morgan fingerprint density at radius 3 is 2.51 bits per heavy atom. The summed E-state index contributed by atoms with van der Waals surface area (Å²) in [5, 5.41) is 0. The van der Waals surface area contributed by atoms with Crippen molar-refractivity contribution in [2.24, 2.45) is 11.7 Å². The number of ketones is 1. The SMILES string of the molecule is CCN1CCN(c2ccc(C(N)=O)c([C@@H](C(=O)N3C[C@@H](OC)[C@H]4OCC(=O)[C@H]43)C3CCCCC3)c2)CC1. The van der Waals surface area contributed by atoms with E-state index in [1.54, 1.807) is 18.1 Å². The van der Waals surface area contributed by atoms with Crippen LogP contribution in [0.2, 0.25) is 0 Å². The molecule has 0 radical (unpaired) electrons. The summed E-state index contributed by atoms with van der Waals surface area (Å²) in [6.45, 7) is 7.25. The van der Waals surface area contributed by atoms with Crippen LogP contribution >= 0.6 is 0 Å². The van der Waals surface area contributed by atoms with Crippen LogP contribution in [0.3, 0.4) is 0 Å². The third kappa shape index (κ3) is 5.01. The number of rotatable bonds is 7. The first-order chi connectivity index (χ1) is 17.9. The number of methoxy groups -OCH3 is 1. The fourth-order valence-electron chi connectivity index (χ4n) is 6.83. The summed E-state index contributed by atoms with van der Waals surface area (Å²) in [5.41, 5.74) is 7.98. The molecule has 1 aromatic carbocycles. The van der Waals surface area contributed by atoms with E-state index < -0.39 is 24.0 Å². The lowest BCUT2D eigenvalue weighted by Gasteiger charge is -2.37. The maximum atomic E-state index is 14.4. The van der Waals surface area contributed by atoms with Crippen LogP contribution in [0.25, 0.3) is 0 Å². The number of amides is 2. The van der Waals surface area contributed by atoms with Crippen molar-refractivity contribution in [2.45, 2.75) is 63.2 Å². The molecule has 0 aromatic heterocycles. The summed E-state index contributed by atoms with van der Waals surface area (Å²) < 4.78 is 11.3. The summed E-state index contributed by atoms with van der Waals surface area (Å²) in [6, 6.07) is 5.13. The minimum Gasteiger partial charge on any atom is -0.377 e. The molecule has 4 aliphatic rings. The number of nitrogens with two attached hydrogens (primary N) is 1. The van der Waals surface area contributed by atoms with Gasteiger partial charge in [-0.1, -0.05) is 26.2 Å². The van der Waals surface area contributed by atoms with Crippen molar-refractivity contribution in [3.63, 3.8) is 0 Å². The number of anilines is 1. The van der Waals surface area contributed by atoms with Gasteiger partial charge >= 0.3 is 0 Å². The predicted molar refractivity (Wildman–Crippen MR) is 140 cm³/mol. The van der Waals surface area contributed by atoms with Crippen molar-refractivity contribution < 1.29 is 23.9 Å². The number of primary amides is 1. The smallest absolute Gasteiger partial charge is 0.249 e. The van der Waals surface area contributed by atoms with Gasteiger partial charge in [0.25, 0.3) is 0 Å². The zero-order valence-corrected chi connectivity index (χ0v) is 22.1. The van der Waals surface area contributed by atoms with Gasteiger partial charge in [-0.2, -0.15) is 0 Å². The quantitative estimate of drug-likeness (QED) is 0.594. The number of likely N-dealkylation sites (tertiary alicyclic amines) is 1. The van der Waals surface area contributed by atoms with Gasteiger partial charge in [0.15, 0.2) is 5.78 Å². The first kappa shape index (κ1) is 26.1. The zero-order chi connectivity index (χ0) is 26.1. The number of hydrogen-bond acceptors (Lipinski definition) is 7. The van der Waals surface area contributed by atoms with Crippen molar-refractivity contribution in [3.8, 4) is 0 Å². The lowest BCUT2D eigenvalue weighted by Crippen LogP contribution is -2.47. The van der Waals surface area contributed by atoms with Crippen LogP contribution in [0, 0.1) is 5.92 Å². The van der Waals surface area contributed by atoms with E-state index in [2.05, 4.69) is 16.7 Å². The van der Waals surface area contributed by atoms with Crippen molar-refractivity contribution in [3.05, 3.63) is 29.3 Å². The summed E-state index contributed by atoms with van der Waals surface area (Å²) in [7, 11) is 1.59. The van der Waals surface area contributed by atoms with Crippen LogP contribution in [0.1, 0.15) is 60.9 Å². The average Bonchev–Trinajstić information content (AvgIpc) is 3.49. The topological polar surface area (TPSA) is 105 Å². The van der Waals surface area contributed by atoms with Crippen molar-refractivity contribution in [1.29, 1.82) is 0 Å². The number of Topliss-reactive ketones (excluding diaryl/α,β-unsaturated/α-hetero) is 1. The highest BCUT2D eigenvalue weighted by Crippen LogP contribution is 2.42. The monoisotopic (exact) mass is 512 g/mol. The lowest BCUT2D eigenvalue weighted by molar-refractivity contribution is -0.139. The van der Waals surface area contributed by atoms with E-state index in [0.717, 1.165) is 70.5 Å². The van der Waals surface area contributed by atoms with Gasteiger partial charge in [0.2, 0.25) is 11.8 Å². The molecular weight excluding hydrogens is 472 g/mol. The first-order valence-corrected chi connectivity index (χ1v) is 13.8. The van der Waals surface area contributed by atoms with Crippen LogP contribution in [0.4, 0.5) is 5.69 Å². The Hall–Kier alpha value is -2.49. The number of carbonyl (C=O) groups excluding carboxylic acids is 3. The molecular formula is C28H40N4O5. The third-order valence-electron chi connectivity index (χ3n) is 8.93. The molecule has 202 valence electrons. The van der Waals surface area contributed by atoms with Crippen LogP contribution in [0.5, 0.6) is 0 Å². The summed E-state index contributed by atoms with van der Waals surface area (Å²) in [5.74, 6) is -1.18. The molecule has 37 heavy (non-hydrogen) atoms. The van der Waals surface area contributed by atoms with E-state index in [1.165, 1.54) is 0 Å². The van der Waals surface area contributed by atoms with E-state index in [0.29, 0.717) is 17.7 Å². The van der Waals surface area contributed by atoms with E-state index >= 15 is 0 Å². The molecule has 1 aliphatic carbocycles. The molecule has 0 spiro atoms. The zero-order valence-electron chi connectivity index (χ0n) is 22.1. The Morgan fingerprint density at radius 2 is 1.86 bits per heavy atom. The second kappa shape index (κ2) is 11.1. The fraction of sp³-hybridized carbons (Fsp3) is 0.679. The Bertz CT molecular complexity index is 1020. The van der Waals surface area contributed by atoms with Crippen molar-refractivity contribution in [2.75, 3.05) is 57.9 Å². The van der Waals surface area contributed by atoms with E-state index in [-0.39, 0.29) is 30.3 Å². The number of hydrogen-bond donors (Lipinski definition) is 1. The minimum absolute atomic E-state index is 0.00116. The molecule has 0 bridgehead atoms. The molecule has 9 heteroatoms. The first-order valence-electron chi connectivity index (χ1n) is 13.8. The maximum Gasteiger partial charge on any atom is 0.249 e. The summed E-state index contributed by atoms with van der Waals surface area (Å²) in [4.78, 5) is 46.3. The largest absolute Gasteiger partial charge is 0.377 e. The number of ether oxygens (including phenoxy) is 2. The molecule has 3 saturated heterocycles. The summed E-state index contributed by atoms with van der Waals surface area (Å²) in [6.07, 6.45) is 4.28. The number of nitrogens with zero attached hydrogens (tertiary/aromatic N) is 3. The molecule has 5 rings (SSSR count). The molecule has 2 N–H and O–H groups in total. The highest BCUT2D eigenvalue weighted by molar-refractivity contribution is 5.99. The van der Waals surface area contributed by atoms with Crippen molar-refractivity contribution >= 4 is 23.3 Å². The molecule has 1 aromatic rings. The highest BCUT2D eigenvalue weighted by Gasteiger charge is 2.54. The van der Waals surface area contributed by atoms with Crippen LogP contribution in [-0.4, -0.2) is 98.6 Å². The number of fused-ring (bicyclic) bond motifs is 1. The number of carbonyl (C=O) groups is 3. The Morgan fingerprint density at radius 1 is 1.14 bits per heavy atom. The van der Waals surface area contributed by atoms with Crippen molar-refractivity contribution in [1.82, 2.24) is 9.80 Å². The lowest BCUT2D eigenvalue weighted by atomic mass is 9.74. The molecule has 4 atom stereocenters. The Labute approximate surface area is 219 Å². The standard InChI is InChI=1S/C28H40N4O5/c1-3-30-11-13-31(14-12-30)19-9-10-20(27(29)34)21(15-19)24(18-7-5-4-6-8-18)28(35)32-16-23(36-2)26-25(32)22(33)17-37-26/h9-10,15,18,23-26H,3-8,11-14,16-17H2,1-2H3,(H2,29,34)/t23-,24+,25-,26-/m1/s1. The van der Waals surface area contributed by atoms with Gasteiger partial charge in [0.05, 0.1) is 12.5 Å². The summed E-state index contributed by atoms with van der Waals surface area (Å²) >= 11 is 0. The molecule has 9 nitrogen and oxygen atoms in total. The Kier molecular flexibility index (Phi) is 7.83. The van der Waals surface area contributed by atoms with Gasteiger partial charge in [-0.25, -0.2) is 0 Å². The maximum absolute atomic E-state index is 14.4.